The number of nitrogens with one attached hydrogen (secondary N) is 1. The molecule has 1 radical (unpaired) electrons. The predicted molar refractivity (Wildman–Crippen MR) is 47.8 cm³/mol. The summed E-state index contributed by atoms with van der Waals surface area (Å²) in [6.45, 7) is 10.3. The third-order valence-electron chi connectivity index (χ3n) is 0.151. The average molecular weight is 598 g/mol. The molecule has 0 rings (SSSR count). The Balaban J connectivity index is -0.0000000406. The Bertz CT molecular complexity index is 110. The van der Waals surface area contributed by atoms with Crippen LogP contribution in [0.15, 0.2) is 6.08 Å². The van der Waals surface area contributed by atoms with Crippen molar-refractivity contribution in [1.82, 2.24) is 0 Å². The Labute approximate surface area is 128 Å². The minimum atomic E-state index is 0. The largest absolute Gasteiger partial charge is 0.344 e. The van der Waals surface area contributed by atoms with Crippen molar-refractivity contribution in [3.8, 4) is 0 Å². The Morgan fingerprint density at radius 1 is 1.83 bits per heavy atom. The molecule has 0 aromatic heterocycles. The minimum Gasteiger partial charge on any atom is -0.344 e. The normalized spacial score (nSPS) is 5.33. The number of thiol groups is 1. The van der Waals surface area contributed by atoms with Gasteiger partial charge in [0, 0.05) is 32.7 Å². The second-order valence-corrected chi connectivity index (χ2v) is 4.85. The molecule has 0 saturated carbocycles. The van der Waals surface area contributed by atoms with E-state index in [-0.39, 0.29) is 32.7 Å². The SMILES string of the molecule is S[C-]=[W].[CH-]=C[C]([NH-])=[W].[CH2-]CC.[Y]. The second kappa shape index (κ2) is 29.2. The molecule has 0 atom stereocenters. The first kappa shape index (κ1) is 23.8. The standard InChI is InChI=1S/C3H3N.C3H7.CHS.2W.Y/c1-2-3-4;1-3-2;1-2;;;/h1-2,4H;1,3H2,2H3;2H;;;/q-2;2*-1;;;. The molecule has 0 saturated heterocycles. The summed E-state index contributed by atoms with van der Waals surface area (Å²) in [6, 6.07) is 0. The van der Waals surface area contributed by atoms with Crippen LogP contribution in [0.3, 0.4) is 0 Å². The van der Waals surface area contributed by atoms with Crippen LogP contribution in [0.1, 0.15) is 13.3 Å². The van der Waals surface area contributed by atoms with Crippen LogP contribution in [0, 0.1) is 13.5 Å². The van der Waals surface area contributed by atoms with Gasteiger partial charge in [0.15, 0.2) is 0 Å². The zero-order valence-corrected chi connectivity index (χ0v) is 16.5. The van der Waals surface area contributed by atoms with E-state index in [1.54, 1.807) is 0 Å². The van der Waals surface area contributed by atoms with E-state index in [0.717, 1.165) is 25.8 Å². The smallest absolute Gasteiger partial charge is 0 e. The number of hydrogen-bond acceptors (Lipinski definition) is 1. The number of hydrogen-bond donors (Lipinski definition) is 1. The van der Waals surface area contributed by atoms with Gasteiger partial charge in [-0.3, -0.25) is 0 Å². The molecule has 0 heterocycles. The van der Waals surface area contributed by atoms with Crippen LogP contribution in [0.2, 0.25) is 0 Å². The first-order valence-corrected chi connectivity index (χ1v) is 6.09. The molecule has 0 amide bonds. The summed E-state index contributed by atoms with van der Waals surface area (Å²) < 4.78 is 3.02. The van der Waals surface area contributed by atoms with Crippen molar-refractivity contribution in [3.63, 3.8) is 0 Å². The Hall–Kier alpha value is 2.27. The second-order valence-electron chi connectivity index (χ2n) is 1.12. The Morgan fingerprint density at radius 3 is 1.92 bits per heavy atom. The zero-order chi connectivity index (χ0) is 9.70. The van der Waals surface area contributed by atoms with Gasteiger partial charge in [-0.2, -0.15) is 6.42 Å². The quantitative estimate of drug-likeness (QED) is 0.354. The van der Waals surface area contributed by atoms with Gasteiger partial charge >= 0.3 is 77.5 Å². The third-order valence-corrected chi connectivity index (χ3v) is 0.640. The summed E-state index contributed by atoms with van der Waals surface area (Å²) in [5.74, 6) is 0. The van der Waals surface area contributed by atoms with E-state index in [2.05, 4.69) is 23.3 Å². The van der Waals surface area contributed by atoms with Gasteiger partial charge in [-0.15, -0.1) is 0 Å². The topological polar surface area (TPSA) is 23.8 Å². The summed E-state index contributed by atoms with van der Waals surface area (Å²) in [4.78, 5) is 0. The van der Waals surface area contributed by atoms with E-state index >= 15 is 0 Å². The van der Waals surface area contributed by atoms with Gasteiger partial charge in [0.1, 0.15) is 0 Å². The molecule has 5 heteroatoms. The van der Waals surface area contributed by atoms with Crippen LogP contribution >= 0.6 is 12.6 Å². The first-order valence-electron chi connectivity index (χ1n) is 2.71. The maximum Gasteiger partial charge on any atom is 0 e. The molecule has 0 fully saturated rings. The molecule has 1 N–H and O–H groups in total. The van der Waals surface area contributed by atoms with Crippen LogP contribution in [0.25, 0.3) is 5.73 Å². The molecule has 12 heavy (non-hydrogen) atoms. The monoisotopic (exact) mass is 598 g/mol. The summed E-state index contributed by atoms with van der Waals surface area (Å²) in [7, 11) is 0. The first-order chi connectivity index (χ1) is 5.10. The zero-order valence-electron chi connectivity index (χ0n) is 6.91. The van der Waals surface area contributed by atoms with E-state index in [9.17, 15) is 0 Å². The summed E-state index contributed by atoms with van der Waals surface area (Å²) >= 11 is 5.97. The van der Waals surface area contributed by atoms with Crippen LogP contribution in [-0.2, 0) is 71.4 Å². The van der Waals surface area contributed by atoms with Crippen molar-refractivity contribution in [2.45, 2.75) is 13.3 Å². The molecule has 69 valence electrons. The van der Waals surface area contributed by atoms with Gasteiger partial charge < -0.3 is 6.92 Å². The van der Waals surface area contributed by atoms with E-state index < -0.39 is 0 Å². The summed E-state index contributed by atoms with van der Waals surface area (Å²) in [5, 5.41) is 0. The molecular formula is C7H11NSW2Y-4. The van der Waals surface area contributed by atoms with Gasteiger partial charge in [0.05, 0.1) is 0 Å². The van der Waals surface area contributed by atoms with Crippen molar-refractivity contribution < 1.29 is 71.4 Å². The molecular weight excluding hydrogens is 587 g/mol. The summed E-state index contributed by atoms with van der Waals surface area (Å²) in [5.41, 5.74) is 6.60. The van der Waals surface area contributed by atoms with Gasteiger partial charge in [0.2, 0.25) is 0 Å². The average Bonchev–Trinajstić information content (AvgIpc) is 1.91. The fourth-order valence-corrected chi connectivity index (χ4v) is 0. The molecule has 0 unspecified atom stereocenters. The van der Waals surface area contributed by atoms with E-state index in [0.29, 0.717) is 4.02 Å². The maximum atomic E-state index is 6.60. The van der Waals surface area contributed by atoms with Crippen LogP contribution in [0.5, 0.6) is 0 Å². The van der Waals surface area contributed by atoms with Crippen molar-refractivity contribution in [2.75, 3.05) is 0 Å². The molecule has 0 spiro atoms. The maximum absolute atomic E-state index is 6.60. The predicted octanol–water partition coefficient (Wildman–Crippen LogP) is 2.03. The van der Waals surface area contributed by atoms with E-state index in [4.69, 9.17) is 12.3 Å². The van der Waals surface area contributed by atoms with Gasteiger partial charge in [0.25, 0.3) is 0 Å². The summed E-state index contributed by atoms with van der Waals surface area (Å²) in [6.07, 6.45) is 2.29. The molecule has 1 nitrogen and oxygen atoms in total. The Morgan fingerprint density at radius 2 is 1.92 bits per heavy atom. The van der Waals surface area contributed by atoms with Crippen molar-refractivity contribution >= 4 is 20.4 Å². The molecule has 0 aliphatic rings. The van der Waals surface area contributed by atoms with Gasteiger partial charge in [-0.05, 0) is 0 Å². The van der Waals surface area contributed by atoms with Gasteiger partial charge in [-0.1, -0.05) is 6.92 Å². The molecule has 0 aliphatic heterocycles. The molecule has 0 aliphatic carbocycles. The third kappa shape index (κ3) is 85.5. The van der Waals surface area contributed by atoms with Crippen molar-refractivity contribution in [3.05, 3.63) is 25.3 Å². The fourth-order valence-electron chi connectivity index (χ4n) is 0. The number of rotatable bonds is 1. The Kier molecular flexibility index (Phi) is 58.0. The molecule has 0 aromatic carbocycles. The van der Waals surface area contributed by atoms with E-state index in [1.807, 2.05) is 6.92 Å². The van der Waals surface area contributed by atoms with Crippen molar-refractivity contribution in [1.29, 1.82) is 0 Å². The molecule has 0 bridgehead atoms. The van der Waals surface area contributed by atoms with E-state index in [1.165, 1.54) is 25.4 Å². The molecule has 0 aromatic rings. The van der Waals surface area contributed by atoms with Crippen molar-refractivity contribution in [2.24, 2.45) is 0 Å². The van der Waals surface area contributed by atoms with Gasteiger partial charge in [-0.25, -0.2) is 0 Å². The minimum absolute atomic E-state index is 0. The van der Waals surface area contributed by atoms with Crippen LogP contribution in [-0.4, -0.2) is 7.75 Å². The van der Waals surface area contributed by atoms with Crippen LogP contribution < -0.4 is 0 Å². The fraction of sp³-hybridized carbons (Fsp3) is 0.286. The van der Waals surface area contributed by atoms with Crippen LogP contribution in [0.4, 0.5) is 0 Å².